The van der Waals surface area contributed by atoms with Gasteiger partial charge in [-0.05, 0) is 19.3 Å². The number of hydrogen-bond acceptors (Lipinski definition) is 3. The first-order chi connectivity index (χ1) is 7.81. The van der Waals surface area contributed by atoms with Gasteiger partial charge in [-0.25, -0.2) is 0 Å². The number of carbonyl (C=O) groups excluding carboxylic acids is 1. The average molecular weight is 241 g/mol. The van der Waals surface area contributed by atoms with Gasteiger partial charge in [0.25, 0.3) is 0 Å². The second kappa shape index (κ2) is 6.06. The van der Waals surface area contributed by atoms with Crippen LogP contribution in [0.2, 0.25) is 0 Å². The first-order valence-corrected chi connectivity index (χ1v) is 7.74. The minimum absolute atomic E-state index is 0.262. The number of thioether (sulfide) groups is 1. The third-order valence-corrected chi connectivity index (χ3v) is 5.21. The van der Waals surface area contributed by atoms with E-state index in [-0.39, 0.29) is 6.04 Å². The smallest absolute Gasteiger partial charge is 0.149 e. The monoisotopic (exact) mass is 241 g/mol. The molecule has 0 bridgehead atoms. The molecule has 92 valence electrons. The van der Waals surface area contributed by atoms with Crippen molar-refractivity contribution in [2.24, 2.45) is 0 Å². The highest BCUT2D eigenvalue weighted by atomic mass is 32.2. The molecule has 0 radical (unpaired) electrons. The summed E-state index contributed by atoms with van der Waals surface area (Å²) >= 11 is 2.08. The highest BCUT2D eigenvalue weighted by Gasteiger charge is 2.30. The van der Waals surface area contributed by atoms with Crippen LogP contribution in [0.3, 0.4) is 0 Å². The van der Waals surface area contributed by atoms with E-state index in [1.807, 2.05) is 0 Å². The van der Waals surface area contributed by atoms with Crippen molar-refractivity contribution in [3.05, 3.63) is 0 Å². The Kier molecular flexibility index (Phi) is 4.71. The van der Waals surface area contributed by atoms with Gasteiger partial charge in [0, 0.05) is 30.5 Å². The molecule has 1 aliphatic heterocycles. The first kappa shape index (κ1) is 12.4. The van der Waals surface area contributed by atoms with E-state index >= 15 is 0 Å². The lowest BCUT2D eigenvalue weighted by Crippen LogP contribution is -2.47. The summed E-state index contributed by atoms with van der Waals surface area (Å²) in [5.74, 6) is 1.72. The molecule has 1 saturated carbocycles. The Morgan fingerprint density at radius 1 is 1.38 bits per heavy atom. The van der Waals surface area contributed by atoms with Crippen molar-refractivity contribution in [1.29, 1.82) is 0 Å². The lowest BCUT2D eigenvalue weighted by Gasteiger charge is -2.36. The predicted octanol–water partition coefficient (Wildman–Crippen LogP) is 2.72. The molecule has 2 nitrogen and oxygen atoms in total. The van der Waals surface area contributed by atoms with Gasteiger partial charge in [-0.2, -0.15) is 11.8 Å². The summed E-state index contributed by atoms with van der Waals surface area (Å²) in [6.07, 6.45) is 6.79. The molecule has 1 saturated heterocycles. The topological polar surface area (TPSA) is 20.3 Å². The van der Waals surface area contributed by atoms with Gasteiger partial charge in [-0.1, -0.05) is 19.8 Å². The molecule has 2 aliphatic rings. The predicted molar refractivity (Wildman–Crippen MR) is 70.0 cm³/mol. The molecule has 2 rings (SSSR count). The third-order valence-electron chi connectivity index (χ3n) is 3.84. The van der Waals surface area contributed by atoms with Crippen molar-refractivity contribution in [1.82, 2.24) is 4.90 Å². The van der Waals surface area contributed by atoms with Gasteiger partial charge in [0.15, 0.2) is 0 Å². The van der Waals surface area contributed by atoms with Crippen LogP contribution >= 0.6 is 11.8 Å². The van der Waals surface area contributed by atoms with Crippen LogP contribution in [-0.2, 0) is 4.79 Å². The Hall–Kier alpha value is -0.0200. The SMILES string of the molecule is CCC1CN(C2CCCCCC2=O)CCS1. The van der Waals surface area contributed by atoms with Gasteiger partial charge in [0.1, 0.15) is 5.78 Å². The minimum atomic E-state index is 0.262. The summed E-state index contributed by atoms with van der Waals surface area (Å²) in [5.41, 5.74) is 0. The number of ketones is 1. The molecule has 0 spiro atoms. The van der Waals surface area contributed by atoms with Crippen molar-refractivity contribution in [3.63, 3.8) is 0 Å². The second-order valence-electron chi connectivity index (χ2n) is 4.98. The number of rotatable bonds is 2. The van der Waals surface area contributed by atoms with E-state index in [2.05, 4.69) is 23.6 Å². The van der Waals surface area contributed by atoms with E-state index in [4.69, 9.17) is 0 Å². The minimum Gasteiger partial charge on any atom is -0.298 e. The summed E-state index contributed by atoms with van der Waals surface area (Å²) in [6.45, 7) is 4.52. The maximum absolute atomic E-state index is 12.1. The lowest BCUT2D eigenvalue weighted by atomic mass is 10.1. The number of hydrogen-bond donors (Lipinski definition) is 0. The standard InChI is InChI=1S/C13H23NOS/c1-2-11-10-14(8-9-16-11)12-6-4-3-5-7-13(12)15/h11-12H,2-10H2,1H3. The summed E-state index contributed by atoms with van der Waals surface area (Å²) < 4.78 is 0. The van der Waals surface area contributed by atoms with Crippen LogP contribution in [0, 0.1) is 0 Å². The first-order valence-electron chi connectivity index (χ1n) is 6.69. The van der Waals surface area contributed by atoms with Crippen LogP contribution in [0.1, 0.15) is 45.4 Å². The van der Waals surface area contributed by atoms with Crippen molar-refractivity contribution in [3.8, 4) is 0 Å². The second-order valence-corrected chi connectivity index (χ2v) is 6.39. The van der Waals surface area contributed by atoms with Crippen LogP contribution in [0.15, 0.2) is 0 Å². The van der Waals surface area contributed by atoms with E-state index in [9.17, 15) is 4.79 Å². The summed E-state index contributed by atoms with van der Waals surface area (Å²) in [5, 5.41) is 0.754. The average Bonchev–Trinajstić information content (AvgIpc) is 2.54. The number of carbonyl (C=O) groups is 1. The molecule has 0 aromatic heterocycles. The van der Waals surface area contributed by atoms with E-state index in [0.29, 0.717) is 5.78 Å². The Morgan fingerprint density at radius 3 is 3.06 bits per heavy atom. The zero-order chi connectivity index (χ0) is 11.4. The highest BCUT2D eigenvalue weighted by Crippen LogP contribution is 2.26. The van der Waals surface area contributed by atoms with Crippen LogP contribution in [0.4, 0.5) is 0 Å². The van der Waals surface area contributed by atoms with Gasteiger partial charge in [-0.15, -0.1) is 0 Å². The van der Waals surface area contributed by atoms with Crippen molar-refractivity contribution < 1.29 is 4.79 Å². The van der Waals surface area contributed by atoms with E-state index < -0.39 is 0 Å². The van der Waals surface area contributed by atoms with Crippen LogP contribution < -0.4 is 0 Å². The number of nitrogens with zero attached hydrogens (tertiary/aromatic N) is 1. The fourth-order valence-corrected chi connectivity index (χ4v) is 4.01. The number of Topliss-reactive ketones (excluding diaryl/α,β-unsaturated/α-hetero) is 1. The lowest BCUT2D eigenvalue weighted by molar-refractivity contribution is -0.124. The molecule has 1 heterocycles. The molecule has 2 fully saturated rings. The quantitative estimate of drug-likeness (QED) is 0.693. The molecular weight excluding hydrogens is 218 g/mol. The van der Waals surface area contributed by atoms with E-state index in [1.54, 1.807) is 0 Å². The molecule has 16 heavy (non-hydrogen) atoms. The van der Waals surface area contributed by atoms with Gasteiger partial charge >= 0.3 is 0 Å². The maximum atomic E-state index is 12.1. The van der Waals surface area contributed by atoms with Crippen molar-refractivity contribution in [2.45, 2.75) is 56.7 Å². The molecular formula is C13H23NOS. The third kappa shape index (κ3) is 3.01. The maximum Gasteiger partial charge on any atom is 0.149 e. The summed E-state index contributed by atoms with van der Waals surface area (Å²) in [6, 6.07) is 0.262. The van der Waals surface area contributed by atoms with Gasteiger partial charge < -0.3 is 0 Å². The van der Waals surface area contributed by atoms with Crippen molar-refractivity contribution >= 4 is 17.5 Å². The van der Waals surface area contributed by atoms with Crippen LogP contribution in [0.25, 0.3) is 0 Å². The molecule has 0 aromatic carbocycles. The fraction of sp³-hybridized carbons (Fsp3) is 0.923. The zero-order valence-corrected chi connectivity index (χ0v) is 11.1. The zero-order valence-electron chi connectivity index (χ0n) is 10.3. The summed E-state index contributed by atoms with van der Waals surface area (Å²) in [4.78, 5) is 14.5. The fourth-order valence-electron chi connectivity index (χ4n) is 2.80. The molecule has 1 aliphatic carbocycles. The highest BCUT2D eigenvalue weighted by molar-refractivity contribution is 8.00. The van der Waals surface area contributed by atoms with Gasteiger partial charge in [0.2, 0.25) is 0 Å². The molecule has 0 N–H and O–H groups in total. The van der Waals surface area contributed by atoms with Gasteiger partial charge in [0.05, 0.1) is 6.04 Å². The molecule has 2 atom stereocenters. The van der Waals surface area contributed by atoms with Gasteiger partial charge in [-0.3, -0.25) is 9.69 Å². The Morgan fingerprint density at radius 2 is 2.25 bits per heavy atom. The van der Waals surface area contributed by atoms with E-state index in [0.717, 1.165) is 37.6 Å². The van der Waals surface area contributed by atoms with Crippen LogP contribution in [-0.4, -0.2) is 40.8 Å². The molecule has 0 aromatic rings. The normalized spacial score (nSPS) is 33.7. The molecule has 2 unspecified atom stereocenters. The molecule has 0 amide bonds. The largest absolute Gasteiger partial charge is 0.298 e. The molecule has 3 heteroatoms. The van der Waals surface area contributed by atoms with E-state index in [1.165, 1.54) is 25.0 Å². The Labute approximate surface area is 103 Å². The Balaban J connectivity index is 1.95. The van der Waals surface area contributed by atoms with Crippen LogP contribution in [0.5, 0.6) is 0 Å². The summed E-state index contributed by atoms with van der Waals surface area (Å²) in [7, 11) is 0. The Bertz CT molecular complexity index is 244. The van der Waals surface area contributed by atoms with Crippen molar-refractivity contribution in [2.75, 3.05) is 18.8 Å².